The first-order chi connectivity index (χ1) is 12.1. The fraction of sp³-hybridized carbons (Fsp3) is 0.278. The van der Waals surface area contributed by atoms with Gasteiger partial charge in [0.25, 0.3) is 0 Å². The van der Waals surface area contributed by atoms with Gasteiger partial charge in [0.2, 0.25) is 5.91 Å². The van der Waals surface area contributed by atoms with Crippen LogP contribution in [0.25, 0.3) is 0 Å². The number of rotatable bonds is 6. The fourth-order valence-electron chi connectivity index (χ4n) is 2.08. The van der Waals surface area contributed by atoms with Crippen LogP contribution in [0.2, 0.25) is 0 Å². The molecule has 26 heavy (non-hydrogen) atoms. The number of anilines is 1. The molecular weight excluding hydrogens is 509 g/mol. The smallest absolute Gasteiger partial charge is 0.243 e. The van der Waals surface area contributed by atoms with Crippen LogP contribution >= 0.6 is 39.9 Å². The highest BCUT2D eigenvalue weighted by atomic mass is 127. The largest absolute Gasteiger partial charge is 0.357 e. The Bertz CT molecular complexity index is 740. The van der Waals surface area contributed by atoms with E-state index in [1.165, 1.54) is 0 Å². The van der Waals surface area contributed by atoms with Gasteiger partial charge in [-0.3, -0.25) is 9.78 Å². The molecule has 0 unspecified atom stereocenters. The number of guanidine groups is 1. The maximum atomic E-state index is 12.2. The van der Waals surface area contributed by atoms with Crippen molar-refractivity contribution in [1.82, 2.24) is 15.6 Å². The van der Waals surface area contributed by atoms with Crippen molar-refractivity contribution in [1.29, 1.82) is 0 Å². The Hall–Kier alpha value is -1.68. The van der Waals surface area contributed by atoms with E-state index in [9.17, 15) is 4.79 Å². The number of pyridine rings is 1. The van der Waals surface area contributed by atoms with Gasteiger partial charge in [-0.2, -0.15) is 0 Å². The molecule has 2 rings (SSSR count). The molecule has 0 bridgehead atoms. The molecule has 6 nitrogen and oxygen atoms in total. The van der Waals surface area contributed by atoms with E-state index >= 15 is 0 Å². The van der Waals surface area contributed by atoms with Crippen molar-refractivity contribution >= 4 is 57.5 Å². The van der Waals surface area contributed by atoms with Gasteiger partial charge in [-0.15, -0.1) is 24.0 Å². The zero-order valence-corrected chi connectivity index (χ0v) is 18.7. The van der Waals surface area contributed by atoms with Gasteiger partial charge >= 0.3 is 0 Å². The Labute approximate surface area is 179 Å². The molecule has 0 aliphatic heterocycles. The SMILES string of the molecule is CCNC(=NCc1ccccn1)NCC(=O)Nc1cc(Br)ccc1C.I. The second kappa shape index (κ2) is 11.8. The minimum atomic E-state index is -0.135. The second-order valence-electron chi connectivity index (χ2n) is 5.38. The van der Waals surface area contributed by atoms with E-state index in [1.54, 1.807) is 6.20 Å². The summed E-state index contributed by atoms with van der Waals surface area (Å²) in [4.78, 5) is 20.8. The van der Waals surface area contributed by atoms with Crippen molar-refractivity contribution in [3.63, 3.8) is 0 Å². The summed E-state index contributed by atoms with van der Waals surface area (Å²) in [5, 5.41) is 9.04. The highest BCUT2D eigenvalue weighted by Gasteiger charge is 2.07. The molecule has 0 saturated carbocycles. The van der Waals surface area contributed by atoms with Gasteiger partial charge in [0.15, 0.2) is 5.96 Å². The number of aromatic nitrogens is 1. The Morgan fingerprint density at radius 3 is 2.73 bits per heavy atom. The highest BCUT2D eigenvalue weighted by Crippen LogP contribution is 2.20. The lowest BCUT2D eigenvalue weighted by Gasteiger charge is -2.12. The van der Waals surface area contributed by atoms with Gasteiger partial charge < -0.3 is 16.0 Å². The molecule has 1 aromatic heterocycles. The molecule has 0 saturated heterocycles. The summed E-state index contributed by atoms with van der Waals surface area (Å²) in [6, 6.07) is 11.5. The molecule has 2 aromatic rings. The number of carbonyl (C=O) groups is 1. The third-order valence-electron chi connectivity index (χ3n) is 3.36. The standard InChI is InChI=1S/C18H22BrN5O.HI/c1-3-20-18(22-11-15-6-4-5-9-21-15)23-12-17(25)24-16-10-14(19)8-7-13(16)2;/h4-10H,3,11-12H2,1-2H3,(H,24,25)(H2,20,22,23);1H. The maximum Gasteiger partial charge on any atom is 0.243 e. The highest BCUT2D eigenvalue weighted by molar-refractivity contribution is 14.0. The Balaban J connectivity index is 0.00000338. The van der Waals surface area contributed by atoms with Crippen molar-refractivity contribution in [2.24, 2.45) is 4.99 Å². The van der Waals surface area contributed by atoms with Crippen LogP contribution in [-0.4, -0.2) is 29.9 Å². The molecule has 1 aromatic carbocycles. The predicted molar refractivity (Wildman–Crippen MR) is 120 cm³/mol. The molecule has 3 N–H and O–H groups in total. The summed E-state index contributed by atoms with van der Waals surface area (Å²) in [6.45, 7) is 5.21. The zero-order chi connectivity index (χ0) is 18.1. The Morgan fingerprint density at radius 1 is 1.23 bits per heavy atom. The van der Waals surface area contributed by atoms with E-state index < -0.39 is 0 Å². The van der Waals surface area contributed by atoms with Crippen molar-refractivity contribution in [3.8, 4) is 0 Å². The van der Waals surface area contributed by atoms with Crippen molar-refractivity contribution in [2.75, 3.05) is 18.4 Å². The summed E-state index contributed by atoms with van der Waals surface area (Å²) < 4.78 is 0.923. The third-order valence-corrected chi connectivity index (χ3v) is 3.85. The minimum Gasteiger partial charge on any atom is -0.357 e. The molecule has 0 spiro atoms. The van der Waals surface area contributed by atoms with Crippen LogP contribution in [0.3, 0.4) is 0 Å². The molecule has 0 aliphatic carbocycles. The third kappa shape index (κ3) is 7.69. The van der Waals surface area contributed by atoms with E-state index in [2.05, 4.69) is 41.9 Å². The number of aliphatic imine (C=N–C) groups is 1. The fourth-order valence-corrected chi connectivity index (χ4v) is 2.44. The average Bonchev–Trinajstić information content (AvgIpc) is 2.61. The summed E-state index contributed by atoms with van der Waals surface area (Å²) in [6.07, 6.45) is 1.74. The lowest BCUT2D eigenvalue weighted by molar-refractivity contribution is -0.115. The number of halogens is 2. The first-order valence-corrected chi connectivity index (χ1v) is 8.86. The molecular formula is C18H23BrIN5O. The summed E-state index contributed by atoms with van der Waals surface area (Å²) in [7, 11) is 0. The van der Waals surface area contributed by atoms with Crippen LogP contribution in [0.4, 0.5) is 5.69 Å². The summed E-state index contributed by atoms with van der Waals surface area (Å²) in [5.41, 5.74) is 2.66. The van der Waals surface area contributed by atoms with E-state index in [1.807, 2.05) is 50.2 Å². The lowest BCUT2D eigenvalue weighted by Crippen LogP contribution is -2.41. The van der Waals surface area contributed by atoms with E-state index in [0.717, 1.165) is 21.4 Å². The number of carbonyl (C=O) groups excluding carboxylic acids is 1. The van der Waals surface area contributed by atoms with Crippen molar-refractivity contribution in [2.45, 2.75) is 20.4 Å². The topological polar surface area (TPSA) is 78.4 Å². The normalized spacial score (nSPS) is 10.7. The maximum absolute atomic E-state index is 12.2. The first kappa shape index (κ1) is 22.4. The molecule has 1 amide bonds. The molecule has 0 aliphatic rings. The molecule has 1 heterocycles. The zero-order valence-electron chi connectivity index (χ0n) is 14.8. The molecule has 140 valence electrons. The quantitative estimate of drug-likeness (QED) is 0.303. The van der Waals surface area contributed by atoms with E-state index in [-0.39, 0.29) is 36.4 Å². The van der Waals surface area contributed by atoms with Gasteiger partial charge in [0.05, 0.1) is 18.8 Å². The number of nitrogens with one attached hydrogen (secondary N) is 3. The first-order valence-electron chi connectivity index (χ1n) is 8.06. The van der Waals surface area contributed by atoms with Crippen LogP contribution in [0.5, 0.6) is 0 Å². The van der Waals surface area contributed by atoms with E-state index in [4.69, 9.17) is 0 Å². The number of benzene rings is 1. The Kier molecular flexibility index (Phi) is 10.2. The molecule has 0 fully saturated rings. The van der Waals surface area contributed by atoms with Crippen LogP contribution in [0.1, 0.15) is 18.2 Å². The van der Waals surface area contributed by atoms with Gasteiger partial charge in [-0.1, -0.05) is 28.1 Å². The minimum absolute atomic E-state index is 0. The predicted octanol–water partition coefficient (Wildman–Crippen LogP) is 3.46. The molecule has 8 heteroatoms. The van der Waals surface area contributed by atoms with Gasteiger partial charge in [-0.05, 0) is 43.7 Å². The van der Waals surface area contributed by atoms with Crippen molar-refractivity contribution < 1.29 is 4.79 Å². The van der Waals surface area contributed by atoms with Crippen LogP contribution < -0.4 is 16.0 Å². The lowest BCUT2D eigenvalue weighted by atomic mass is 10.2. The van der Waals surface area contributed by atoms with Gasteiger partial charge in [-0.25, -0.2) is 4.99 Å². The number of aryl methyl sites for hydroxylation is 1. The Morgan fingerprint density at radius 2 is 2.04 bits per heavy atom. The van der Waals surface area contributed by atoms with E-state index in [0.29, 0.717) is 19.0 Å². The summed E-state index contributed by atoms with van der Waals surface area (Å²) >= 11 is 3.41. The monoisotopic (exact) mass is 531 g/mol. The van der Waals surface area contributed by atoms with Gasteiger partial charge in [0, 0.05) is 22.9 Å². The number of hydrogen-bond acceptors (Lipinski definition) is 3. The second-order valence-corrected chi connectivity index (χ2v) is 6.29. The number of hydrogen-bond donors (Lipinski definition) is 3. The molecule has 0 atom stereocenters. The van der Waals surface area contributed by atoms with Crippen LogP contribution in [0, 0.1) is 6.92 Å². The van der Waals surface area contributed by atoms with Crippen LogP contribution in [-0.2, 0) is 11.3 Å². The number of nitrogens with zero attached hydrogens (tertiary/aromatic N) is 2. The van der Waals surface area contributed by atoms with Gasteiger partial charge in [0.1, 0.15) is 0 Å². The summed E-state index contributed by atoms with van der Waals surface area (Å²) in [5.74, 6) is 0.443. The average molecular weight is 532 g/mol. The van der Waals surface area contributed by atoms with Crippen LogP contribution in [0.15, 0.2) is 52.1 Å². The van der Waals surface area contributed by atoms with Crippen molar-refractivity contribution in [3.05, 3.63) is 58.3 Å². The number of amides is 1. The molecule has 0 radical (unpaired) electrons.